The molecule has 0 bridgehead atoms. The minimum Gasteiger partial charge on any atom is -0.481 e. The minimum absolute atomic E-state index is 0.00602. The maximum absolute atomic E-state index is 13.6. The minimum atomic E-state index is -0.981. The summed E-state index contributed by atoms with van der Waals surface area (Å²) < 4.78 is 2.02. The second-order valence-corrected chi connectivity index (χ2v) is 9.68. The molecule has 6 N–H and O–H groups in total. The van der Waals surface area contributed by atoms with Crippen LogP contribution in [0, 0.1) is 5.41 Å². The number of aliphatic carboxylic acids is 1. The van der Waals surface area contributed by atoms with E-state index in [2.05, 4.69) is 10.6 Å². The van der Waals surface area contributed by atoms with Crippen molar-refractivity contribution < 1.29 is 14.7 Å². The first kappa shape index (κ1) is 26.2. The number of benzene rings is 2. The number of nitrogens with one attached hydrogen (secondary N) is 3. The molecule has 2 heterocycles. The molecular formula is C27H35N7O3. The molecule has 4 rings (SSSR count). The molecule has 0 saturated carbocycles. The standard InChI is InChI=1S/C27H35N7O3/c1-27(31-13-5-6-24(35)36,26(37)34-14-3-4-15-34)19-9-12-22-21(16-19)32-23(33(22)2)17-30-20-10-7-18(8-11-20)25(28)29/h7-12,16,30-31H,3-6,13-15,17H2,1-2H3,(H3,28,29)(H,35,36). The van der Waals surface area contributed by atoms with Gasteiger partial charge in [-0.25, -0.2) is 4.98 Å². The van der Waals surface area contributed by atoms with Gasteiger partial charge in [0, 0.05) is 37.8 Å². The number of anilines is 1. The summed E-state index contributed by atoms with van der Waals surface area (Å²) in [7, 11) is 1.96. The molecule has 1 fully saturated rings. The molecule has 0 spiro atoms. The van der Waals surface area contributed by atoms with E-state index in [1.54, 1.807) is 12.1 Å². The number of carbonyl (C=O) groups is 2. The van der Waals surface area contributed by atoms with Crippen molar-refractivity contribution >= 4 is 34.4 Å². The average Bonchev–Trinajstić information content (AvgIpc) is 3.53. The Kier molecular flexibility index (Phi) is 7.77. The lowest BCUT2D eigenvalue weighted by Gasteiger charge is -2.34. The lowest BCUT2D eigenvalue weighted by atomic mass is 9.89. The molecule has 1 amide bonds. The van der Waals surface area contributed by atoms with Crippen LogP contribution < -0.4 is 16.4 Å². The quantitative estimate of drug-likeness (QED) is 0.153. The zero-order valence-electron chi connectivity index (χ0n) is 21.4. The third-order valence-corrected chi connectivity index (χ3v) is 7.06. The number of amides is 1. The van der Waals surface area contributed by atoms with E-state index in [-0.39, 0.29) is 18.2 Å². The van der Waals surface area contributed by atoms with E-state index < -0.39 is 11.5 Å². The maximum atomic E-state index is 13.6. The summed E-state index contributed by atoms with van der Waals surface area (Å²) in [5, 5.41) is 23.3. The van der Waals surface area contributed by atoms with Crippen LogP contribution in [0.3, 0.4) is 0 Å². The van der Waals surface area contributed by atoms with Gasteiger partial charge in [0.25, 0.3) is 0 Å². The highest BCUT2D eigenvalue weighted by molar-refractivity contribution is 5.95. The lowest BCUT2D eigenvalue weighted by molar-refractivity contribution is -0.137. The molecule has 1 aromatic heterocycles. The summed E-state index contributed by atoms with van der Waals surface area (Å²) in [6.07, 6.45) is 2.48. The van der Waals surface area contributed by atoms with Gasteiger partial charge < -0.3 is 25.6 Å². The predicted molar refractivity (Wildman–Crippen MR) is 144 cm³/mol. The Hall–Kier alpha value is -3.92. The van der Waals surface area contributed by atoms with Gasteiger partial charge in [0.2, 0.25) is 5.91 Å². The number of hydrogen-bond acceptors (Lipinski definition) is 6. The van der Waals surface area contributed by atoms with Crippen LogP contribution in [0.25, 0.3) is 11.0 Å². The number of aromatic nitrogens is 2. The highest BCUT2D eigenvalue weighted by Gasteiger charge is 2.39. The van der Waals surface area contributed by atoms with Gasteiger partial charge in [0.1, 0.15) is 17.2 Å². The van der Waals surface area contributed by atoms with E-state index >= 15 is 0 Å². The molecule has 1 unspecified atom stereocenters. The summed E-state index contributed by atoms with van der Waals surface area (Å²) in [4.78, 5) is 31.3. The van der Waals surface area contributed by atoms with Crippen LogP contribution in [0.5, 0.6) is 0 Å². The van der Waals surface area contributed by atoms with Gasteiger partial charge in [-0.2, -0.15) is 0 Å². The van der Waals surface area contributed by atoms with Crippen molar-refractivity contribution in [2.45, 2.75) is 44.7 Å². The van der Waals surface area contributed by atoms with Crippen LogP contribution in [0.4, 0.5) is 5.69 Å². The number of hydrogen-bond donors (Lipinski definition) is 5. The average molecular weight is 506 g/mol. The van der Waals surface area contributed by atoms with E-state index in [0.29, 0.717) is 25.1 Å². The second-order valence-electron chi connectivity index (χ2n) is 9.68. The highest BCUT2D eigenvalue weighted by Crippen LogP contribution is 2.29. The van der Waals surface area contributed by atoms with E-state index in [4.69, 9.17) is 21.2 Å². The van der Waals surface area contributed by atoms with Crippen LogP contribution in [0.1, 0.15) is 49.6 Å². The van der Waals surface area contributed by atoms with E-state index in [1.165, 1.54) is 0 Å². The van der Waals surface area contributed by atoms with Crippen molar-refractivity contribution in [3.8, 4) is 0 Å². The van der Waals surface area contributed by atoms with Gasteiger partial charge in [-0.05, 0) is 74.7 Å². The SMILES string of the molecule is Cn1c(CNc2ccc(C(=N)N)cc2)nc2cc(C(C)(NCCCC(=O)O)C(=O)N3CCCC3)ccc21. The summed E-state index contributed by atoms with van der Waals surface area (Å²) in [5.41, 5.74) is 8.67. The first-order valence-electron chi connectivity index (χ1n) is 12.6. The zero-order valence-corrected chi connectivity index (χ0v) is 21.4. The Labute approximate surface area is 216 Å². The van der Waals surface area contributed by atoms with Crippen molar-refractivity contribution in [1.29, 1.82) is 5.41 Å². The van der Waals surface area contributed by atoms with Crippen LogP contribution in [-0.2, 0) is 28.7 Å². The first-order chi connectivity index (χ1) is 17.7. The van der Waals surface area contributed by atoms with Gasteiger partial charge >= 0.3 is 5.97 Å². The number of aryl methyl sites for hydroxylation is 1. The number of amidine groups is 1. The van der Waals surface area contributed by atoms with E-state index in [1.807, 2.05) is 53.8 Å². The van der Waals surface area contributed by atoms with Crippen LogP contribution in [0.15, 0.2) is 42.5 Å². The molecule has 196 valence electrons. The third-order valence-electron chi connectivity index (χ3n) is 7.06. The van der Waals surface area contributed by atoms with Crippen LogP contribution in [0.2, 0.25) is 0 Å². The molecule has 10 heteroatoms. The lowest BCUT2D eigenvalue weighted by Crippen LogP contribution is -2.53. The summed E-state index contributed by atoms with van der Waals surface area (Å²) in [6, 6.07) is 13.3. The predicted octanol–water partition coefficient (Wildman–Crippen LogP) is 2.76. The number of rotatable bonds is 11. The molecule has 37 heavy (non-hydrogen) atoms. The van der Waals surface area contributed by atoms with Gasteiger partial charge in [0.15, 0.2) is 0 Å². The number of fused-ring (bicyclic) bond motifs is 1. The summed E-state index contributed by atoms with van der Waals surface area (Å²) >= 11 is 0. The molecule has 10 nitrogen and oxygen atoms in total. The Balaban J connectivity index is 1.57. The molecule has 1 aliphatic heterocycles. The van der Waals surface area contributed by atoms with Crippen molar-refractivity contribution in [2.24, 2.45) is 12.8 Å². The van der Waals surface area contributed by atoms with Crippen molar-refractivity contribution in [1.82, 2.24) is 19.8 Å². The number of nitrogens with two attached hydrogens (primary N) is 1. The summed E-state index contributed by atoms with van der Waals surface area (Å²) in [5.74, 6) is 0.0285. The number of nitrogen functional groups attached to an aromatic ring is 1. The normalized spacial score (nSPS) is 15.0. The molecule has 0 radical (unpaired) electrons. The molecule has 1 saturated heterocycles. The largest absolute Gasteiger partial charge is 0.481 e. The third kappa shape index (κ3) is 5.75. The number of imidazole rings is 1. The molecule has 3 aromatic rings. The second kappa shape index (κ2) is 11.0. The smallest absolute Gasteiger partial charge is 0.303 e. The topological polar surface area (TPSA) is 149 Å². The Morgan fingerprint density at radius 2 is 1.86 bits per heavy atom. The number of carboxylic acid groups (broad SMARTS) is 1. The van der Waals surface area contributed by atoms with Gasteiger partial charge in [-0.3, -0.25) is 20.3 Å². The number of likely N-dealkylation sites (tertiary alicyclic amines) is 1. The van der Waals surface area contributed by atoms with E-state index in [0.717, 1.165) is 54.0 Å². The fourth-order valence-electron chi connectivity index (χ4n) is 4.78. The fourth-order valence-corrected chi connectivity index (χ4v) is 4.78. The highest BCUT2D eigenvalue weighted by atomic mass is 16.4. The zero-order chi connectivity index (χ0) is 26.6. The number of carboxylic acids is 1. The van der Waals surface area contributed by atoms with Gasteiger partial charge in [-0.1, -0.05) is 6.07 Å². The Bertz CT molecular complexity index is 1300. The molecule has 0 aliphatic carbocycles. The van der Waals surface area contributed by atoms with Crippen molar-refractivity contribution in [3.05, 3.63) is 59.4 Å². The Morgan fingerprint density at radius 3 is 2.51 bits per heavy atom. The first-order valence-corrected chi connectivity index (χ1v) is 12.6. The maximum Gasteiger partial charge on any atom is 0.303 e. The van der Waals surface area contributed by atoms with E-state index in [9.17, 15) is 9.59 Å². The summed E-state index contributed by atoms with van der Waals surface area (Å²) in [6.45, 7) is 4.27. The van der Waals surface area contributed by atoms with Crippen molar-refractivity contribution in [2.75, 3.05) is 25.0 Å². The molecular weight excluding hydrogens is 470 g/mol. The van der Waals surface area contributed by atoms with Gasteiger partial charge in [-0.15, -0.1) is 0 Å². The van der Waals surface area contributed by atoms with Crippen molar-refractivity contribution in [3.63, 3.8) is 0 Å². The van der Waals surface area contributed by atoms with Crippen LogP contribution >= 0.6 is 0 Å². The molecule has 1 aliphatic rings. The Morgan fingerprint density at radius 1 is 1.16 bits per heavy atom. The number of carbonyl (C=O) groups excluding carboxylic acids is 1. The monoisotopic (exact) mass is 505 g/mol. The fraction of sp³-hybridized carbons (Fsp3) is 0.407. The van der Waals surface area contributed by atoms with Crippen LogP contribution in [-0.4, -0.2) is 56.9 Å². The molecule has 2 aromatic carbocycles. The molecule has 1 atom stereocenters. The van der Waals surface area contributed by atoms with Gasteiger partial charge in [0.05, 0.1) is 17.6 Å². The number of nitrogens with zero attached hydrogens (tertiary/aromatic N) is 3.